The van der Waals surface area contributed by atoms with Gasteiger partial charge in [-0.3, -0.25) is 4.98 Å². The normalized spacial score (nSPS) is 11.6. The van der Waals surface area contributed by atoms with E-state index in [4.69, 9.17) is 4.98 Å². The Kier molecular flexibility index (Phi) is 14.2. The van der Waals surface area contributed by atoms with Gasteiger partial charge in [0.1, 0.15) is 0 Å². The molecule has 4 heterocycles. The number of hydrogen-bond acceptors (Lipinski definition) is 5. The van der Waals surface area contributed by atoms with Crippen molar-refractivity contribution in [1.29, 1.82) is 5.26 Å². The summed E-state index contributed by atoms with van der Waals surface area (Å²) in [4.78, 5) is 14.0. The van der Waals surface area contributed by atoms with E-state index in [1.165, 1.54) is 54.2 Å². The van der Waals surface area contributed by atoms with Gasteiger partial charge >= 0.3 is 125 Å². The van der Waals surface area contributed by atoms with Gasteiger partial charge < -0.3 is 4.57 Å². The van der Waals surface area contributed by atoms with E-state index in [0.29, 0.717) is 23.3 Å². The van der Waals surface area contributed by atoms with Crippen LogP contribution in [0.5, 0.6) is 0 Å². The van der Waals surface area contributed by atoms with Crippen LogP contribution in [0.25, 0.3) is 70.7 Å². The van der Waals surface area contributed by atoms with Gasteiger partial charge in [0.15, 0.2) is 0 Å². The van der Waals surface area contributed by atoms with Gasteiger partial charge in [-0.25, -0.2) is 0 Å². The summed E-state index contributed by atoms with van der Waals surface area (Å²) in [5.41, 5.74) is 14.7. The Morgan fingerprint density at radius 2 is 1.52 bits per heavy atom. The SMILES string of the molecule is CC(C)Cc1cc(-c2[c-]cncc2)nc[c]1[Ge]([CH3])([CH3])[CH3].Cc1c[c-]c(-c2nc3ccccc3n2-c2c(C(C)C)cc(-c3ccccc3)cc2C(C)C)c2sc3cc(C#N)ccc3c12.[Ir]. The molecule has 0 amide bonds. The molecule has 0 aliphatic heterocycles. The Labute approximate surface area is 399 Å². The standard InChI is InChI=1S/C39H32N3S.C17H23GeN2.Ir/c1-23(2)31-20-28(27-11-7-6-8-12-27)21-32(24(3)4)37(31)42-34-14-10-9-13-33(34)41-39(42)30-17-15-25(5)36-29-18-16-26(22-40)19-35(29)43-38(30)36;1-13(2)10-15-11-17(14-6-8-19-9-7-14)20-12-16(15)18(3,4)5;/h6-16,18-21,23-24H,1-5H3;6,8-9,11-13H,10H2,1-5H3;/q2*-1;. The summed E-state index contributed by atoms with van der Waals surface area (Å²) in [5.74, 6) is 9.43. The molecule has 4 aromatic heterocycles. The molecule has 1 radical (unpaired) electrons. The summed E-state index contributed by atoms with van der Waals surface area (Å²) in [5, 5.41) is 12.0. The minimum Gasteiger partial charge on any atom is -0.333 e. The zero-order valence-electron chi connectivity index (χ0n) is 38.5. The molecule has 0 spiro atoms. The number of rotatable bonds is 9. The topological polar surface area (TPSA) is 67.4 Å². The smallest absolute Gasteiger partial charge is 0.0992 e. The maximum absolute atomic E-state index is 9.57. The average Bonchev–Trinajstić information content (AvgIpc) is 3.85. The molecule has 5 nitrogen and oxygen atoms in total. The molecular formula is C56H55GeIrN5S-2. The van der Waals surface area contributed by atoms with E-state index in [0.717, 1.165) is 49.5 Å². The van der Waals surface area contributed by atoms with Crippen LogP contribution in [0.1, 0.15) is 81.2 Å². The van der Waals surface area contributed by atoms with E-state index in [1.807, 2.05) is 18.2 Å². The van der Waals surface area contributed by atoms with Gasteiger partial charge in [-0.2, -0.15) is 16.6 Å². The van der Waals surface area contributed by atoms with Crippen LogP contribution in [-0.2, 0) is 26.5 Å². The zero-order chi connectivity index (χ0) is 44.6. The second-order valence-electron chi connectivity index (χ2n) is 18.6. The minimum absolute atomic E-state index is 0. The van der Waals surface area contributed by atoms with Gasteiger partial charge in [-0.15, -0.1) is 17.7 Å². The van der Waals surface area contributed by atoms with Gasteiger partial charge in [0, 0.05) is 30.5 Å². The van der Waals surface area contributed by atoms with Crippen molar-refractivity contribution >= 4 is 60.2 Å². The van der Waals surface area contributed by atoms with Crippen LogP contribution in [-0.4, -0.2) is 32.8 Å². The van der Waals surface area contributed by atoms with E-state index in [9.17, 15) is 5.26 Å². The number of aromatic nitrogens is 4. The predicted octanol–water partition coefficient (Wildman–Crippen LogP) is 14.6. The molecule has 0 aliphatic carbocycles. The number of nitrogens with zero attached hydrogens (tertiary/aromatic N) is 5. The van der Waals surface area contributed by atoms with E-state index < -0.39 is 13.3 Å². The summed E-state index contributed by atoms with van der Waals surface area (Å²) in [7, 11) is 0. The summed E-state index contributed by atoms with van der Waals surface area (Å²) in [6.45, 7) is 15.8. The second kappa shape index (κ2) is 19.5. The first kappa shape index (κ1) is 46.8. The van der Waals surface area contributed by atoms with E-state index in [-0.39, 0.29) is 20.1 Å². The molecule has 0 bridgehead atoms. The maximum atomic E-state index is 9.57. The Balaban J connectivity index is 0.000000246. The van der Waals surface area contributed by atoms with Crippen LogP contribution in [0.4, 0.5) is 0 Å². The van der Waals surface area contributed by atoms with Crippen molar-refractivity contribution in [3.63, 3.8) is 0 Å². The van der Waals surface area contributed by atoms with Gasteiger partial charge in [0.05, 0.1) is 28.5 Å². The fourth-order valence-corrected chi connectivity index (χ4v) is 13.3. The first-order valence-electron chi connectivity index (χ1n) is 22.0. The quantitative estimate of drug-likeness (QED) is 0.107. The molecule has 0 N–H and O–H groups in total. The first-order chi connectivity index (χ1) is 30.2. The van der Waals surface area contributed by atoms with Crippen molar-refractivity contribution in [3.8, 4) is 45.5 Å². The molecule has 0 unspecified atom stereocenters. The van der Waals surface area contributed by atoms with Crippen molar-refractivity contribution in [3.05, 3.63) is 162 Å². The van der Waals surface area contributed by atoms with Crippen LogP contribution in [0.15, 0.2) is 122 Å². The molecule has 0 fully saturated rings. The van der Waals surface area contributed by atoms with Crippen LogP contribution in [0.2, 0.25) is 17.3 Å². The fourth-order valence-electron chi connectivity index (χ4n) is 8.66. The largest absolute Gasteiger partial charge is 0.333 e. The van der Waals surface area contributed by atoms with Crippen molar-refractivity contribution in [2.24, 2.45) is 5.92 Å². The number of fused-ring (bicyclic) bond motifs is 4. The number of benzene rings is 5. The molecule has 8 heteroatoms. The van der Waals surface area contributed by atoms with Crippen molar-refractivity contribution < 1.29 is 20.1 Å². The number of hydrogen-bond donors (Lipinski definition) is 0. The third-order valence-corrected chi connectivity index (χ3v) is 17.2. The molecule has 0 saturated heterocycles. The minimum atomic E-state index is -1.87. The Morgan fingerprint density at radius 1 is 0.812 bits per heavy atom. The van der Waals surface area contributed by atoms with Crippen molar-refractivity contribution in [2.45, 2.75) is 84.0 Å². The van der Waals surface area contributed by atoms with Crippen molar-refractivity contribution in [2.75, 3.05) is 0 Å². The van der Waals surface area contributed by atoms with E-state index >= 15 is 0 Å². The molecule has 325 valence electrons. The number of imidazole rings is 1. The number of thiophene rings is 1. The van der Waals surface area contributed by atoms with Crippen molar-refractivity contribution in [1.82, 2.24) is 19.5 Å². The zero-order valence-corrected chi connectivity index (χ0v) is 43.8. The molecule has 64 heavy (non-hydrogen) atoms. The fraction of sp³-hybridized carbons (Fsp3) is 0.250. The van der Waals surface area contributed by atoms with Crippen LogP contribution in [0, 0.1) is 36.3 Å². The van der Waals surface area contributed by atoms with Gasteiger partial charge in [0.2, 0.25) is 0 Å². The molecule has 0 saturated carbocycles. The van der Waals surface area contributed by atoms with Crippen LogP contribution >= 0.6 is 11.3 Å². The molecule has 9 rings (SSSR count). The summed E-state index contributed by atoms with van der Waals surface area (Å²) in [6.07, 6.45) is 6.74. The second-order valence-corrected chi connectivity index (χ2v) is 30.3. The van der Waals surface area contributed by atoms with Gasteiger partial charge in [0.25, 0.3) is 0 Å². The number of aryl methyl sites for hydroxylation is 1. The van der Waals surface area contributed by atoms with Gasteiger partial charge in [-0.1, -0.05) is 94.1 Å². The van der Waals surface area contributed by atoms with Crippen LogP contribution in [0.3, 0.4) is 0 Å². The summed E-state index contributed by atoms with van der Waals surface area (Å²) in [6, 6.07) is 45.3. The van der Waals surface area contributed by atoms with E-state index in [1.54, 1.807) is 23.7 Å². The molecular weight excluding hydrogens is 1040 g/mol. The number of nitriles is 1. The maximum Gasteiger partial charge on any atom is 0.0992 e. The molecule has 0 aliphatic rings. The first-order valence-corrected chi connectivity index (χ1v) is 30.2. The molecule has 9 aromatic rings. The average molecular weight is 1090 g/mol. The number of para-hydroxylation sites is 2. The molecule has 5 aromatic carbocycles. The van der Waals surface area contributed by atoms with E-state index in [2.05, 4.69) is 190 Å². The molecule has 0 atom stereocenters. The Bertz CT molecular complexity index is 3110. The third-order valence-electron chi connectivity index (χ3n) is 11.7. The number of pyridine rings is 2. The predicted molar refractivity (Wildman–Crippen MR) is 269 cm³/mol. The summed E-state index contributed by atoms with van der Waals surface area (Å²) >= 11 is -0.145. The third kappa shape index (κ3) is 9.44. The monoisotopic (exact) mass is 1100 g/mol. The summed E-state index contributed by atoms with van der Waals surface area (Å²) < 4.78 is 6.18. The van der Waals surface area contributed by atoms with Crippen LogP contribution < -0.4 is 4.40 Å². The Morgan fingerprint density at radius 3 is 2.16 bits per heavy atom. The Hall–Kier alpha value is -5.23. The van der Waals surface area contributed by atoms with Gasteiger partial charge in [-0.05, 0) is 80.6 Å².